The lowest BCUT2D eigenvalue weighted by atomic mass is 10.3. The Morgan fingerprint density at radius 1 is 1.33 bits per heavy atom. The third-order valence-corrected chi connectivity index (χ3v) is 3.33. The molecule has 1 aromatic rings. The first-order valence-electron chi connectivity index (χ1n) is 4.32. The molecule has 0 aliphatic carbocycles. The first-order valence-corrected chi connectivity index (χ1v) is 6.34. The van der Waals surface area contributed by atoms with Gasteiger partial charge in [-0.2, -0.15) is 0 Å². The van der Waals surface area contributed by atoms with Gasteiger partial charge >= 0.3 is 0 Å². The predicted molar refractivity (Wildman–Crippen MR) is 58.9 cm³/mol. The molecule has 0 bridgehead atoms. The minimum atomic E-state index is -3.37. The Bertz CT molecular complexity index is 402. The van der Waals surface area contributed by atoms with Crippen molar-refractivity contribution < 1.29 is 13.2 Å². The Hall–Kier alpha value is -0.780. The van der Waals surface area contributed by atoms with E-state index < -0.39 is 10.0 Å². The standard InChI is InChI=1S/C9H12ClNO3S/c1-11-15(12,13)9-4-2-8(3-5-9)14-7-6-10/h2-5,11H,6-7H2,1H3. The van der Waals surface area contributed by atoms with Crippen molar-refractivity contribution in [3.8, 4) is 5.75 Å². The van der Waals surface area contributed by atoms with Gasteiger partial charge in [-0.25, -0.2) is 13.1 Å². The molecule has 0 atom stereocenters. The van der Waals surface area contributed by atoms with Crippen LogP contribution in [-0.4, -0.2) is 28.0 Å². The minimum Gasteiger partial charge on any atom is -0.492 e. The van der Waals surface area contributed by atoms with Gasteiger partial charge in [-0.05, 0) is 31.3 Å². The van der Waals surface area contributed by atoms with Crippen molar-refractivity contribution in [1.29, 1.82) is 0 Å². The van der Waals surface area contributed by atoms with E-state index in [0.717, 1.165) is 0 Å². The summed E-state index contributed by atoms with van der Waals surface area (Å²) in [6.07, 6.45) is 0. The van der Waals surface area contributed by atoms with Crippen molar-refractivity contribution in [2.24, 2.45) is 0 Å². The van der Waals surface area contributed by atoms with E-state index in [1.807, 2.05) is 0 Å². The zero-order valence-corrected chi connectivity index (χ0v) is 9.81. The van der Waals surface area contributed by atoms with Gasteiger partial charge in [-0.1, -0.05) is 0 Å². The fourth-order valence-electron chi connectivity index (χ4n) is 0.989. The number of hydrogen-bond donors (Lipinski definition) is 1. The molecule has 1 aromatic carbocycles. The van der Waals surface area contributed by atoms with E-state index >= 15 is 0 Å². The second-order valence-corrected chi connectivity index (χ2v) is 4.98. The second kappa shape index (κ2) is 5.34. The number of sulfonamides is 1. The fourth-order valence-corrected chi connectivity index (χ4v) is 1.80. The monoisotopic (exact) mass is 249 g/mol. The summed E-state index contributed by atoms with van der Waals surface area (Å²) in [6, 6.07) is 6.15. The molecule has 0 amide bonds. The van der Waals surface area contributed by atoms with Gasteiger partial charge in [-0.15, -0.1) is 11.6 Å². The van der Waals surface area contributed by atoms with Gasteiger partial charge in [-0.3, -0.25) is 0 Å². The maximum Gasteiger partial charge on any atom is 0.240 e. The maximum atomic E-state index is 11.4. The van der Waals surface area contributed by atoms with Crippen molar-refractivity contribution >= 4 is 21.6 Å². The highest BCUT2D eigenvalue weighted by molar-refractivity contribution is 7.89. The van der Waals surface area contributed by atoms with E-state index in [0.29, 0.717) is 18.2 Å². The summed E-state index contributed by atoms with van der Waals surface area (Å²) in [6.45, 7) is 0.402. The number of halogens is 1. The molecule has 1 N–H and O–H groups in total. The lowest BCUT2D eigenvalue weighted by Gasteiger charge is -2.05. The molecule has 0 fully saturated rings. The Kier molecular flexibility index (Phi) is 4.38. The third-order valence-electron chi connectivity index (χ3n) is 1.75. The average molecular weight is 250 g/mol. The molecule has 4 nitrogen and oxygen atoms in total. The quantitative estimate of drug-likeness (QED) is 0.799. The van der Waals surface area contributed by atoms with Gasteiger partial charge in [0, 0.05) is 0 Å². The number of nitrogens with one attached hydrogen (secondary N) is 1. The van der Waals surface area contributed by atoms with E-state index in [9.17, 15) is 8.42 Å². The number of benzene rings is 1. The smallest absolute Gasteiger partial charge is 0.240 e. The summed E-state index contributed by atoms with van der Waals surface area (Å²) in [5.41, 5.74) is 0. The molecule has 0 aliphatic rings. The van der Waals surface area contributed by atoms with E-state index in [1.165, 1.54) is 19.2 Å². The van der Waals surface area contributed by atoms with E-state index in [2.05, 4.69) is 4.72 Å². The van der Waals surface area contributed by atoms with Crippen LogP contribution in [0.15, 0.2) is 29.2 Å². The van der Waals surface area contributed by atoms with Crippen LogP contribution in [0.3, 0.4) is 0 Å². The molecular weight excluding hydrogens is 238 g/mol. The van der Waals surface area contributed by atoms with E-state index in [-0.39, 0.29) is 4.90 Å². The van der Waals surface area contributed by atoms with Crippen LogP contribution >= 0.6 is 11.6 Å². The Morgan fingerprint density at radius 2 is 1.93 bits per heavy atom. The average Bonchev–Trinajstić information content (AvgIpc) is 2.27. The van der Waals surface area contributed by atoms with Crippen LogP contribution in [0.1, 0.15) is 0 Å². The maximum absolute atomic E-state index is 11.4. The van der Waals surface area contributed by atoms with E-state index in [4.69, 9.17) is 16.3 Å². The molecule has 0 aromatic heterocycles. The summed E-state index contributed by atoms with van der Waals surface area (Å²) < 4.78 is 30.1. The Balaban J connectivity index is 2.81. The van der Waals surface area contributed by atoms with Crippen molar-refractivity contribution in [2.45, 2.75) is 4.90 Å². The molecule has 0 spiro atoms. The summed E-state index contributed by atoms with van der Waals surface area (Å²) in [7, 11) is -2.00. The number of alkyl halides is 1. The van der Waals surface area contributed by atoms with Crippen molar-refractivity contribution in [3.05, 3.63) is 24.3 Å². The summed E-state index contributed by atoms with van der Waals surface area (Å²) in [5.74, 6) is 1.00. The van der Waals surface area contributed by atoms with Gasteiger partial charge < -0.3 is 4.74 Å². The normalized spacial score (nSPS) is 11.3. The molecule has 0 saturated heterocycles. The molecule has 0 radical (unpaired) electrons. The number of hydrogen-bond acceptors (Lipinski definition) is 3. The van der Waals surface area contributed by atoms with Crippen molar-refractivity contribution in [1.82, 2.24) is 4.72 Å². The lowest BCUT2D eigenvalue weighted by Crippen LogP contribution is -2.18. The first-order chi connectivity index (χ1) is 7.10. The summed E-state index contributed by atoms with van der Waals surface area (Å²) in [5, 5.41) is 0. The molecule has 0 saturated carbocycles. The fraction of sp³-hybridized carbons (Fsp3) is 0.333. The molecule has 6 heteroatoms. The van der Waals surface area contributed by atoms with Crippen LogP contribution in [0.4, 0.5) is 0 Å². The first kappa shape index (κ1) is 12.3. The zero-order valence-electron chi connectivity index (χ0n) is 8.23. The highest BCUT2D eigenvalue weighted by atomic mass is 35.5. The summed E-state index contributed by atoms with van der Waals surface area (Å²) >= 11 is 5.45. The second-order valence-electron chi connectivity index (χ2n) is 2.72. The molecule has 0 aliphatic heterocycles. The molecule has 0 heterocycles. The molecular formula is C9H12ClNO3S. The van der Waals surface area contributed by atoms with Crippen LogP contribution in [0.25, 0.3) is 0 Å². The molecule has 15 heavy (non-hydrogen) atoms. The SMILES string of the molecule is CNS(=O)(=O)c1ccc(OCCCl)cc1. The third kappa shape index (κ3) is 3.37. The van der Waals surface area contributed by atoms with Crippen molar-refractivity contribution in [2.75, 3.05) is 19.5 Å². The van der Waals surface area contributed by atoms with Gasteiger partial charge in [0.05, 0.1) is 10.8 Å². The van der Waals surface area contributed by atoms with Crippen LogP contribution in [0.5, 0.6) is 5.75 Å². The van der Waals surface area contributed by atoms with Gasteiger partial charge in [0.15, 0.2) is 0 Å². The number of ether oxygens (including phenoxy) is 1. The molecule has 1 rings (SSSR count). The minimum absolute atomic E-state index is 0.211. The van der Waals surface area contributed by atoms with Crippen LogP contribution in [0.2, 0.25) is 0 Å². The van der Waals surface area contributed by atoms with Gasteiger partial charge in [0.1, 0.15) is 12.4 Å². The topological polar surface area (TPSA) is 55.4 Å². The predicted octanol–water partition coefficient (Wildman–Crippen LogP) is 1.21. The van der Waals surface area contributed by atoms with Crippen LogP contribution in [-0.2, 0) is 10.0 Å². The highest BCUT2D eigenvalue weighted by Gasteiger charge is 2.10. The van der Waals surface area contributed by atoms with Crippen LogP contribution in [0, 0.1) is 0 Å². The van der Waals surface area contributed by atoms with Gasteiger partial charge in [0.2, 0.25) is 10.0 Å². The molecule has 0 unspecified atom stereocenters. The summed E-state index contributed by atoms with van der Waals surface area (Å²) in [4.78, 5) is 0.211. The lowest BCUT2D eigenvalue weighted by molar-refractivity contribution is 0.342. The number of rotatable bonds is 5. The largest absolute Gasteiger partial charge is 0.492 e. The zero-order chi connectivity index (χ0) is 11.3. The highest BCUT2D eigenvalue weighted by Crippen LogP contribution is 2.15. The molecule has 84 valence electrons. The van der Waals surface area contributed by atoms with Crippen LogP contribution < -0.4 is 9.46 Å². The van der Waals surface area contributed by atoms with E-state index in [1.54, 1.807) is 12.1 Å². The van der Waals surface area contributed by atoms with Gasteiger partial charge in [0.25, 0.3) is 0 Å². The Morgan fingerprint density at radius 3 is 2.40 bits per heavy atom. The van der Waals surface area contributed by atoms with Crippen molar-refractivity contribution in [3.63, 3.8) is 0 Å². The Labute approximate surface area is 94.3 Å².